The molecule has 0 atom stereocenters. The SMILES string of the molecule is C[Si]1(C)c2ccccc2-c2ccc(N(c3ccccc3)c3ccccc3-c3nc(-c4ccccc4)nc(-c4ccc(-c5cccc6ccccc56)cc4)n3)cc21. The Bertz CT molecular complexity index is 2880. The summed E-state index contributed by atoms with van der Waals surface area (Å²) < 4.78 is 0. The number of para-hydroxylation sites is 2. The zero-order chi connectivity index (χ0) is 37.6. The van der Waals surface area contributed by atoms with Crippen molar-refractivity contribution in [3.8, 4) is 56.4 Å². The molecule has 0 fully saturated rings. The van der Waals surface area contributed by atoms with Crippen LogP contribution in [0.15, 0.2) is 194 Å². The van der Waals surface area contributed by atoms with Gasteiger partial charge in [0.05, 0.1) is 5.69 Å². The molecule has 1 aliphatic rings. The molecule has 10 rings (SSSR count). The van der Waals surface area contributed by atoms with E-state index in [9.17, 15) is 0 Å². The molecule has 0 bridgehead atoms. The smallest absolute Gasteiger partial charge is 0.166 e. The molecule has 1 aromatic heterocycles. The lowest BCUT2D eigenvalue weighted by Gasteiger charge is -2.29. The Balaban J connectivity index is 1.12. The summed E-state index contributed by atoms with van der Waals surface area (Å²) in [4.78, 5) is 17.9. The lowest BCUT2D eigenvalue weighted by Crippen LogP contribution is -2.49. The number of hydrogen-bond donors (Lipinski definition) is 0. The van der Waals surface area contributed by atoms with Gasteiger partial charge in [-0.3, -0.25) is 0 Å². The summed E-state index contributed by atoms with van der Waals surface area (Å²) in [6.07, 6.45) is 0. The molecule has 0 saturated carbocycles. The number of anilines is 3. The maximum absolute atomic E-state index is 5.25. The van der Waals surface area contributed by atoms with Crippen molar-refractivity contribution in [2.75, 3.05) is 4.90 Å². The largest absolute Gasteiger partial charge is 0.310 e. The fourth-order valence-electron chi connectivity index (χ4n) is 8.31. The van der Waals surface area contributed by atoms with Crippen LogP contribution < -0.4 is 15.3 Å². The van der Waals surface area contributed by atoms with E-state index in [-0.39, 0.29) is 0 Å². The highest BCUT2D eigenvalue weighted by Gasteiger charge is 2.37. The second-order valence-corrected chi connectivity index (χ2v) is 19.2. The topological polar surface area (TPSA) is 41.9 Å². The number of aromatic nitrogens is 3. The summed E-state index contributed by atoms with van der Waals surface area (Å²) in [5.41, 5.74) is 11.0. The normalized spacial score (nSPS) is 12.6. The van der Waals surface area contributed by atoms with Crippen LogP contribution in [0.1, 0.15) is 0 Å². The third kappa shape index (κ3) is 5.81. The third-order valence-corrected chi connectivity index (χ3v) is 14.7. The van der Waals surface area contributed by atoms with Crippen molar-refractivity contribution in [3.05, 3.63) is 194 Å². The van der Waals surface area contributed by atoms with Crippen LogP contribution in [-0.2, 0) is 0 Å². The highest BCUT2D eigenvalue weighted by molar-refractivity contribution is 7.03. The second kappa shape index (κ2) is 13.7. The number of nitrogens with zero attached hydrogens (tertiary/aromatic N) is 4. The number of benzene rings is 8. The van der Waals surface area contributed by atoms with Crippen molar-refractivity contribution < 1.29 is 0 Å². The minimum atomic E-state index is -1.93. The van der Waals surface area contributed by atoms with E-state index in [1.165, 1.54) is 37.8 Å². The molecule has 2 heterocycles. The molecule has 9 aromatic rings. The van der Waals surface area contributed by atoms with Crippen LogP contribution in [-0.4, -0.2) is 23.0 Å². The maximum atomic E-state index is 5.25. The number of fused-ring (bicyclic) bond motifs is 4. The van der Waals surface area contributed by atoms with Crippen molar-refractivity contribution in [2.45, 2.75) is 13.1 Å². The Hall–Kier alpha value is -6.95. The Kier molecular flexibility index (Phi) is 8.23. The third-order valence-electron chi connectivity index (χ3n) is 11.1. The first kappa shape index (κ1) is 33.6. The van der Waals surface area contributed by atoms with E-state index in [1.54, 1.807) is 0 Å². The zero-order valence-corrected chi connectivity index (χ0v) is 32.3. The summed E-state index contributed by atoms with van der Waals surface area (Å²) in [5, 5.41) is 5.41. The molecule has 0 radical (unpaired) electrons. The summed E-state index contributed by atoms with van der Waals surface area (Å²) >= 11 is 0. The van der Waals surface area contributed by atoms with Gasteiger partial charge in [0.1, 0.15) is 8.07 Å². The van der Waals surface area contributed by atoms with E-state index in [0.717, 1.165) is 39.3 Å². The highest BCUT2D eigenvalue weighted by Crippen LogP contribution is 2.42. The van der Waals surface area contributed by atoms with Gasteiger partial charge in [-0.25, -0.2) is 15.0 Å². The molecule has 266 valence electrons. The lowest BCUT2D eigenvalue weighted by molar-refractivity contribution is 1.07. The molecule has 4 nitrogen and oxygen atoms in total. The average Bonchev–Trinajstić information content (AvgIpc) is 3.49. The van der Waals surface area contributed by atoms with Gasteiger partial charge < -0.3 is 4.90 Å². The van der Waals surface area contributed by atoms with Gasteiger partial charge in [0, 0.05) is 28.1 Å². The molecule has 0 saturated heterocycles. The van der Waals surface area contributed by atoms with E-state index in [0.29, 0.717) is 17.5 Å². The van der Waals surface area contributed by atoms with Crippen LogP contribution in [0.5, 0.6) is 0 Å². The Labute approximate surface area is 328 Å². The first-order valence-electron chi connectivity index (χ1n) is 19.1. The predicted octanol–water partition coefficient (Wildman–Crippen LogP) is 12.0. The molecular weight excluding hydrogens is 697 g/mol. The van der Waals surface area contributed by atoms with Crippen LogP contribution in [0.2, 0.25) is 13.1 Å². The van der Waals surface area contributed by atoms with E-state index in [1.807, 2.05) is 18.2 Å². The molecule has 8 aromatic carbocycles. The summed E-state index contributed by atoms with van der Waals surface area (Å²) in [6, 6.07) is 68.8. The van der Waals surface area contributed by atoms with Gasteiger partial charge in [0.25, 0.3) is 0 Å². The maximum Gasteiger partial charge on any atom is 0.166 e. The molecule has 0 amide bonds. The molecule has 0 spiro atoms. The Morgan fingerprint density at radius 2 is 0.929 bits per heavy atom. The molecule has 0 aliphatic carbocycles. The van der Waals surface area contributed by atoms with Crippen LogP contribution in [0.25, 0.3) is 67.2 Å². The van der Waals surface area contributed by atoms with Crippen molar-refractivity contribution >= 4 is 46.3 Å². The predicted molar refractivity (Wildman–Crippen MR) is 236 cm³/mol. The van der Waals surface area contributed by atoms with Gasteiger partial charge >= 0.3 is 0 Å². The van der Waals surface area contributed by atoms with Crippen LogP contribution >= 0.6 is 0 Å². The number of rotatable bonds is 7. The highest BCUT2D eigenvalue weighted by atomic mass is 28.3. The monoisotopic (exact) mass is 734 g/mol. The van der Waals surface area contributed by atoms with E-state index < -0.39 is 8.07 Å². The van der Waals surface area contributed by atoms with Gasteiger partial charge in [0.15, 0.2) is 17.5 Å². The molecular formula is C51H38N4Si. The molecule has 1 aliphatic heterocycles. The zero-order valence-electron chi connectivity index (χ0n) is 31.3. The first-order chi connectivity index (χ1) is 27.5. The van der Waals surface area contributed by atoms with Gasteiger partial charge in [-0.2, -0.15) is 0 Å². The van der Waals surface area contributed by atoms with Gasteiger partial charge in [-0.15, -0.1) is 0 Å². The van der Waals surface area contributed by atoms with Crippen LogP contribution in [0.3, 0.4) is 0 Å². The van der Waals surface area contributed by atoms with Gasteiger partial charge in [-0.05, 0) is 79.8 Å². The average molecular weight is 735 g/mol. The summed E-state index contributed by atoms with van der Waals surface area (Å²) in [6.45, 7) is 4.93. The van der Waals surface area contributed by atoms with Crippen molar-refractivity contribution in [3.63, 3.8) is 0 Å². The van der Waals surface area contributed by atoms with Crippen LogP contribution in [0, 0.1) is 0 Å². The summed E-state index contributed by atoms with van der Waals surface area (Å²) in [7, 11) is -1.93. The fourth-order valence-corrected chi connectivity index (χ4v) is 11.4. The summed E-state index contributed by atoms with van der Waals surface area (Å²) in [5.74, 6) is 1.88. The van der Waals surface area contributed by atoms with Crippen LogP contribution in [0.4, 0.5) is 17.1 Å². The van der Waals surface area contributed by atoms with Crippen molar-refractivity contribution in [1.29, 1.82) is 0 Å². The molecule has 0 unspecified atom stereocenters. The molecule has 5 heteroatoms. The molecule has 0 N–H and O–H groups in total. The van der Waals surface area contributed by atoms with E-state index in [2.05, 4.69) is 194 Å². The quantitative estimate of drug-likeness (QED) is 0.153. The van der Waals surface area contributed by atoms with Gasteiger partial charge in [0.2, 0.25) is 0 Å². The fraction of sp³-hybridized carbons (Fsp3) is 0.0392. The van der Waals surface area contributed by atoms with E-state index >= 15 is 0 Å². The second-order valence-electron chi connectivity index (χ2n) is 14.9. The minimum Gasteiger partial charge on any atom is -0.310 e. The van der Waals surface area contributed by atoms with E-state index in [4.69, 9.17) is 15.0 Å². The standard InChI is InChI=1S/C51H38N4Si/c1-56(2)47-27-14-12-23-43(47)44-33-32-40(34-48(44)56)55(39-20-7-4-8-21-39)46-26-13-11-24-45(46)51-53-49(37-17-5-3-6-18-37)52-50(54-51)38-30-28-36(29-31-38)42-25-15-19-35-16-9-10-22-41(35)42/h3-34H,1-2H3. The minimum absolute atomic E-state index is 0.617. The van der Waals surface area contributed by atoms with Crippen molar-refractivity contribution in [1.82, 2.24) is 15.0 Å². The number of hydrogen-bond acceptors (Lipinski definition) is 4. The van der Waals surface area contributed by atoms with Crippen molar-refractivity contribution in [2.24, 2.45) is 0 Å². The Morgan fingerprint density at radius 3 is 1.71 bits per heavy atom. The lowest BCUT2D eigenvalue weighted by atomic mass is 9.97. The molecule has 56 heavy (non-hydrogen) atoms. The first-order valence-corrected chi connectivity index (χ1v) is 22.1. The Morgan fingerprint density at radius 1 is 0.375 bits per heavy atom. The van der Waals surface area contributed by atoms with Gasteiger partial charge in [-0.1, -0.05) is 171 Å².